The quantitative estimate of drug-likeness (QED) is 0.627. The number of imide groups is 1. The molecule has 1 saturated heterocycles. The summed E-state index contributed by atoms with van der Waals surface area (Å²) >= 11 is 6.22. The third-order valence-corrected chi connectivity index (χ3v) is 6.22. The molecule has 1 aromatic heterocycles. The van der Waals surface area contributed by atoms with Crippen molar-refractivity contribution in [1.29, 1.82) is 0 Å². The molecule has 2 aromatic rings. The lowest BCUT2D eigenvalue weighted by Crippen LogP contribution is -2.49. The summed E-state index contributed by atoms with van der Waals surface area (Å²) < 4.78 is 5.26. The van der Waals surface area contributed by atoms with E-state index in [1.807, 2.05) is 6.92 Å². The lowest BCUT2D eigenvalue weighted by atomic mass is 9.77. The zero-order valence-corrected chi connectivity index (χ0v) is 16.1. The number of rotatable bonds is 2. The topological polar surface area (TPSA) is 79.6 Å². The maximum absolute atomic E-state index is 13.1. The van der Waals surface area contributed by atoms with E-state index in [9.17, 15) is 14.4 Å². The van der Waals surface area contributed by atoms with Gasteiger partial charge in [0.05, 0.1) is 6.54 Å². The summed E-state index contributed by atoms with van der Waals surface area (Å²) in [5.74, 6) is 0.349. The van der Waals surface area contributed by atoms with Crippen molar-refractivity contribution in [2.45, 2.75) is 51.6 Å². The van der Waals surface area contributed by atoms with Crippen LogP contribution in [0.15, 0.2) is 27.4 Å². The van der Waals surface area contributed by atoms with Gasteiger partial charge in [0.15, 0.2) is 0 Å². The molecule has 3 amide bonds. The molecule has 2 aliphatic rings. The number of carbonyl (C=O) groups is 2. The number of hydrogen-bond acceptors (Lipinski definition) is 4. The average molecular weight is 389 g/mol. The minimum Gasteiger partial charge on any atom is -0.423 e. The third kappa shape index (κ3) is 3.02. The predicted molar refractivity (Wildman–Crippen MR) is 102 cm³/mol. The Morgan fingerprint density at radius 1 is 1.22 bits per heavy atom. The van der Waals surface area contributed by atoms with Gasteiger partial charge < -0.3 is 9.73 Å². The smallest absolute Gasteiger partial charge is 0.336 e. The molecule has 1 aromatic carbocycles. The zero-order chi connectivity index (χ0) is 19.3. The molecule has 0 unspecified atom stereocenters. The molecule has 142 valence electrons. The molecule has 1 N–H and O–H groups in total. The summed E-state index contributed by atoms with van der Waals surface area (Å²) in [6.45, 7) is 4.00. The molecule has 1 aliphatic carbocycles. The fourth-order valence-electron chi connectivity index (χ4n) is 4.06. The van der Waals surface area contributed by atoms with Crippen molar-refractivity contribution in [3.05, 3.63) is 44.8 Å². The molecule has 4 rings (SSSR count). The predicted octanol–water partition coefficient (Wildman–Crippen LogP) is 3.76. The molecule has 7 heteroatoms. The Kier molecular flexibility index (Phi) is 4.26. The van der Waals surface area contributed by atoms with Gasteiger partial charge >= 0.3 is 11.7 Å². The third-order valence-electron chi connectivity index (χ3n) is 5.81. The van der Waals surface area contributed by atoms with Crippen LogP contribution in [0.4, 0.5) is 4.79 Å². The second-order valence-electron chi connectivity index (χ2n) is 7.77. The molecular weight excluding hydrogens is 368 g/mol. The van der Waals surface area contributed by atoms with Gasteiger partial charge in [-0.1, -0.05) is 18.5 Å². The molecule has 1 aliphatic heterocycles. The van der Waals surface area contributed by atoms with Gasteiger partial charge in [0, 0.05) is 16.5 Å². The molecule has 0 atom stereocenters. The van der Waals surface area contributed by atoms with Crippen LogP contribution in [0.3, 0.4) is 0 Å². The van der Waals surface area contributed by atoms with Gasteiger partial charge in [-0.05, 0) is 61.8 Å². The van der Waals surface area contributed by atoms with Gasteiger partial charge in [-0.15, -0.1) is 0 Å². The van der Waals surface area contributed by atoms with Crippen LogP contribution in [0, 0.1) is 12.8 Å². The maximum Gasteiger partial charge on any atom is 0.336 e. The summed E-state index contributed by atoms with van der Waals surface area (Å²) in [7, 11) is 0. The number of hydrogen-bond donors (Lipinski definition) is 1. The summed E-state index contributed by atoms with van der Waals surface area (Å²) in [5.41, 5.74) is 0.412. The van der Waals surface area contributed by atoms with E-state index in [1.165, 1.54) is 11.0 Å². The second-order valence-corrected chi connectivity index (χ2v) is 8.18. The lowest BCUT2D eigenvalue weighted by molar-refractivity contribution is -0.133. The van der Waals surface area contributed by atoms with Gasteiger partial charge in [-0.2, -0.15) is 0 Å². The molecular formula is C20H21ClN2O4. The van der Waals surface area contributed by atoms with Crippen LogP contribution in [0.5, 0.6) is 0 Å². The Bertz CT molecular complexity index is 1000. The van der Waals surface area contributed by atoms with Crippen LogP contribution in [-0.4, -0.2) is 22.4 Å². The fraction of sp³-hybridized carbons (Fsp3) is 0.450. The first-order valence-corrected chi connectivity index (χ1v) is 9.54. The average Bonchev–Trinajstić information content (AvgIpc) is 2.84. The van der Waals surface area contributed by atoms with Crippen LogP contribution >= 0.6 is 11.6 Å². The Balaban J connectivity index is 1.70. The minimum absolute atomic E-state index is 0.0173. The number of nitrogens with zero attached hydrogens (tertiary/aromatic N) is 1. The zero-order valence-electron chi connectivity index (χ0n) is 15.3. The highest BCUT2D eigenvalue weighted by Crippen LogP contribution is 2.37. The largest absolute Gasteiger partial charge is 0.423 e. The van der Waals surface area contributed by atoms with E-state index < -0.39 is 17.2 Å². The van der Waals surface area contributed by atoms with Crippen molar-refractivity contribution in [2.24, 2.45) is 5.92 Å². The maximum atomic E-state index is 13.1. The van der Waals surface area contributed by atoms with Crippen molar-refractivity contribution < 1.29 is 14.0 Å². The number of halogens is 1. The molecule has 0 bridgehead atoms. The Morgan fingerprint density at radius 3 is 2.63 bits per heavy atom. The normalized spacial score (nSPS) is 25.4. The van der Waals surface area contributed by atoms with Crippen molar-refractivity contribution in [3.63, 3.8) is 0 Å². The first kappa shape index (κ1) is 18.0. The Labute approximate surface area is 161 Å². The van der Waals surface area contributed by atoms with E-state index in [2.05, 4.69) is 12.2 Å². The van der Waals surface area contributed by atoms with Crippen molar-refractivity contribution in [2.75, 3.05) is 0 Å². The first-order valence-electron chi connectivity index (χ1n) is 9.16. The Hall–Kier alpha value is -2.34. The lowest BCUT2D eigenvalue weighted by Gasteiger charge is -2.33. The fourth-order valence-corrected chi connectivity index (χ4v) is 4.23. The van der Waals surface area contributed by atoms with Crippen LogP contribution in [-0.2, 0) is 11.3 Å². The van der Waals surface area contributed by atoms with Crippen molar-refractivity contribution in [1.82, 2.24) is 10.2 Å². The highest BCUT2D eigenvalue weighted by atomic mass is 35.5. The Morgan fingerprint density at radius 2 is 1.93 bits per heavy atom. The summed E-state index contributed by atoms with van der Waals surface area (Å²) in [4.78, 5) is 38.8. The van der Waals surface area contributed by atoms with E-state index in [4.69, 9.17) is 16.0 Å². The molecule has 1 saturated carbocycles. The number of carbonyl (C=O) groups excluding carboxylic acids is 2. The van der Waals surface area contributed by atoms with E-state index in [-0.39, 0.29) is 12.5 Å². The van der Waals surface area contributed by atoms with E-state index in [0.29, 0.717) is 40.3 Å². The molecule has 0 radical (unpaired) electrons. The van der Waals surface area contributed by atoms with Crippen LogP contribution < -0.4 is 10.9 Å². The summed E-state index contributed by atoms with van der Waals surface area (Å²) in [6, 6.07) is 4.32. The molecule has 6 nitrogen and oxygen atoms in total. The summed E-state index contributed by atoms with van der Waals surface area (Å²) in [6.07, 6.45) is 3.12. The number of fused-ring (bicyclic) bond motifs is 1. The minimum atomic E-state index is -0.799. The molecule has 1 spiro atoms. The number of amides is 3. The van der Waals surface area contributed by atoms with E-state index >= 15 is 0 Å². The first-order chi connectivity index (χ1) is 12.8. The monoisotopic (exact) mass is 388 g/mol. The molecule has 27 heavy (non-hydrogen) atoms. The van der Waals surface area contributed by atoms with Crippen molar-refractivity contribution in [3.8, 4) is 0 Å². The second kappa shape index (κ2) is 6.37. The van der Waals surface area contributed by atoms with Gasteiger partial charge in [-0.25, -0.2) is 9.59 Å². The molecule has 2 heterocycles. The van der Waals surface area contributed by atoms with Crippen LogP contribution in [0.1, 0.15) is 43.7 Å². The number of aryl methyl sites for hydroxylation is 1. The standard InChI is InChI=1S/C20H21ClN2O4/c1-11-3-5-20(6-4-11)18(25)23(19(26)22-20)10-13-8-17(24)27-16-7-12(2)15(21)9-14(13)16/h7-9,11H,3-6,10H2,1-2H3,(H,22,26). The van der Waals surface area contributed by atoms with E-state index in [1.54, 1.807) is 12.1 Å². The SMILES string of the molecule is Cc1cc2oc(=O)cc(CN3C(=O)NC4(CCC(C)CC4)C3=O)c2cc1Cl. The van der Waals surface area contributed by atoms with Gasteiger partial charge in [0.2, 0.25) is 0 Å². The van der Waals surface area contributed by atoms with Crippen molar-refractivity contribution >= 4 is 34.5 Å². The summed E-state index contributed by atoms with van der Waals surface area (Å²) in [5, 5.41) is 4.07. The highest BCUT2D eigenvalue weighted by molar-refractivity contribution is 6.32. The number of nitrogens with one attached hydrogen (secondary N) is 1. The van der Waals surface area contributed by atoms with Crippen LogP contribution in [0.25, 0.3) is 11.0 Å². The number of benzene rings is 1. The van der Waals surface area contributed by atoms with E-state index in [0.717, 1.165) is 18.4 Å². The van der Waals surface area contributed by atoms with Crippen LogP contribution in [0.2, 0.25) is 5.02 Å². The van der Waals surface area contributed by atoms with Gasteiger partial charge in [-0.3, -0.25) is 9.69 Å². The highest BCUT2D eigenvalue weighted by Gasteiger charge is 2.52. The van der Waals surface area contributed by atoms with Gasteiger partial charge in [0.25, 0.3) is 5.91 Å². The number of urea groups is 1. The molecule has 2 fully saturated rings. The van der Waals surface area contributed by atoms with Gasteiger partial charge in [0.1, 0.15) is 11.1 Å².